The predicted octanol–water partition coefficient (Wildman–Crippen LogP) is 8.46. The maximum absolute atomic E-state index is 2.38. The normalized spacial score (nSPS) is 16.4. The summed E-state index contributed by atoms with van der Waals surface area (Å²) < 4.78 is 0. The Balaban J connectivity index is 1.07. The molecule has 0 saturated carbocycles. The van der Waals surface area contributed by atoms with Gasteiger partial charge in [-0.05, 0) is 93.6 Å². The average molecular weight is 426 g/mol. The third-order valence-electron chi connectivity index (χ3n) is 6.93. The second-order valence-corrected chi connectivity index (χ2v) is 13.8. The maximum Gasteiger partial charge on any atom is -0.00638 e. The van der Waals surface area contributed by atoms with Crippen LogP contribution in [0, 0.1) is 0 Å². The third-order valence-corrected chi connectivity index (χ3v) is 12.0. The number of unbranched alkanes of at least 4 members (excludes halogenated alkanes) is 1. The molecule has 0 bridgehead atoms. The molecule has 0 amide bonds. The third kappa shape index (κ3) is 3.49. The number of benzene rings is 4. The molecule has 30 heavy (non-hydrogen) atoms. The largest absolute Gasteiger partial charge is 0.0977 e. The Hall–Kier alpha value is -1.74. The summed E-state index contributed by atoms with van der Waals surface area (Å²) in [4.78, 5) is 0. The minimum absolute atomic E-state index is 0.124. The molecule has 0 radical (unpaired) electrons. The van der Waals surface area contributed by atoms with Crippen molar-refractivity contribution in [2.75, 3.05) is 12.3 Å². The number of rotatable bonds is 5. The Morgan fingerprint density at radius 3 is 1.13 bits per heavy atom. The van der Waals surface area contributed by atoms with Gasteiger partial charge < -0.3 is 0 Å². The Kier molecular flexibility index (Phi) is 5.11. The van der Waals surface area contributed by atoms with Crippen LogP contribution in [-0.4, -0.2) is 12.3 Å². The van der Waals surface area contributed by atoms with E-state index >= 15 is 0 Å². The van der Waals surface area contributed by atoms with Gasteiger partial charge in [0, 0.05) is 0 Å². The molecule has 2 aliphatic rings. The van der Waals surface area contributed by atoms with E-state index in [9.17, 15) is 0 Å². The van der Waals surface area contributed by atoms with Gasteiger partial charge in [0.05, 0.1) is 0 Å². The standard InChI is InChI=1S/C28H28P2/c1(15-29-17-23-11-3-7-21-8-4-12-24(18-29)27(21)23)2-16-30-19-25-13-5-9-22-10-6-14-26(20-30)28(22)25/h3-14H,1-2,15-20H2. The first-order valence-corrected chi connectivity index (χ1v) is 15.1. The molecule has 0 spiro atoms. The molecule has 0 atom stereocenters. The van der Waals surface area contributed by atoms with E-state index in [2.05, 4.69) is 72.8 Å². The van der Waals surface area contributed by atoms with E-state index in [1.807, 2.05) is 0 Å². The second kappa shape index (κ2) is 8.07. The van der Waals surface area contributed by atoms with Crippen molar-refractivity contribution in [3.8, 4) is 0 Å². The lowest BCUT2D eigenvalue weighted by atomic mass is 10.0. The van der Waals surface area contributed by atoms with Crippen LogP contribution in [0.1, 0.15) is 35.1 Å². The Labute approximate surface area is 182 Å². The van der Waals surface area contributed by atoms with Gasteiger partial charge in [0.15, 0.2) is 0 Å². The predicted molar refractivity (Wildman–Crippen MR) is 136 cm³/mol. The van der Waals surface area contributed by atoms with Gasteiger partial charge in [-0.1, -0.05) is 88.6 Å². The summed E-state index contributed by atoms with van der Waals surface area (Å²) in [5.74, 6) is 0. The summed E-state index contributed by atoms with van der Waals surface area (Å²) in [6.45, 7) is 0. The zero-order valence-electron chi connectivity index (χ0n) is 17.5. The minimum Gasteiger partial charge on any atom is -0.0977 e. The molecule has 6 rings (SSSR count). The molecule has 2 aliphatic heterocycles. The van der Waals surface area contributed by atoms with Crippen LogP contribution < -0.4 is 0 Å². The van der Waals surface area contributed by atoms with Crippen LogP contribution in [0.15, 0.2) is 72.8 Å². The van der Waals surface area contributed by atoms with Gasteiger partial charge in [0.1, 0.15) is 0 Å². The molecule has 150 valence electrons. The smallest absolute Gasteiger partial charge is 0.00638 e. The Morgan fingerprint density at radius 1 is 0.467 bits per heavy atom. The van der Waals surface area contributed by atoms with Crippen LogP contribution in [0.3, 0.4) is 0 Å². The molecule has 0 saturated heterocycles. The molecular formula is C28H28P2. The summed E-state index contributed by atoms with van der Waals surface area (Å²) in [6.07, 6.45) is 11.1. The Morgan fingerprint density at radius 2 is 0.800 bits per heavy atom. The van der Waals surface area contributed by atoms with Crippen molar-refractivity contribution >= 4 is 37.4 Å². The fraction of sp³-hybridized carbons (Fsp3) is 0.286. The summed E-state index contributed by atoms with van der Waals surface area (Å²) in [5.41, 5.74) is 6.45. The first-order chi connectivity index (χ1) is 14.8. The molecular weight excluding hydrogens is 398 g/mol. The molecule has 0 aliphatic carbocycles. The first-order valence-electron chi connectivity index (χ1n) is 11.3. The lowest BCUT2D eigenvalue weighted by molar-refractivity contribution is 0.888. The quantitative estimate of drug-likeness (QED) is 0.222. The highest BCUT2D eigenvalue weighted by Crippen LogP contribution is 2.52. The van der Waals surface area contributed by atoms with Crippen molar-refractivity contribution in [3.05, 3.63) is 95.1 Å². The highest BCUT2D eigenvalue weighted by Gasteiger charge is 2.21. The van der Waals surface area contributed by atoms with Gasteiger partial charge in [-0.15, -0.1) is 0 Å². The van der Waals surface area contributed by atoms with Gasteiger partial charge in [-0.2, -0.15) is 0 Å². The molecule has 0 fully saturated rings. The fourth-order valence-electron chi connectivity index (χ4n) is 5.59. The molecule has 4 aromatic carbocycles. The van der Waals surface area contributed by atoms with E-state index in [0.717, 1.165) is 0 Å². The fourth-order valence-corrected chi connectivity index (χ4v) is 10.8. The van der Waals surface area contributed by atoms with Crippen molar-refractivity contribution in [1.29, 1.82) is 0 Å². The van der Waals surface area contributed by atoms with Gasteiger partial charge in [-0.25, -0.2) is 0 Å². The summed E-state index contributed by atoms with van der Waals surface area (Å²) in [5, 5.41) is 6.01. The lowest BCUT2D eigenvalue weighted by Gasteiger charge is -2.27. The number of hydrogen-bond donors (Lipinski definition) is 0. The molecule has 4 aromatic rings. The van der Waals surface area contributed by atoms with Crippen LogP contribution in [0.2, 0.25) is 0 Å². The van der Waals surface area contributed by atoms with Crippen molar-refractivity contribution in [3.63, 3.8) is 0 Å². The molecule has 2 heterocycles. The van der Waals surface area contributed by atoms with Gasteiger partial charge in [0.2, 0.25) is 0 Å². The zero-order chi connectivity index (χ0) is 19.9. The summed E-state index contributed by atoms with van der Waals surface area (Å²) >= 11 is 0. The lowest BCUT2D eigenvalue weighted by Crippen LogP contribution is -2.04. The van der Waals surface area contributed by atoms with E-state index in [-0.39, 0.29) is 15.8 Å². The molecule has 0 nitrogen and oxygen atoms in total. The molecule has 0 aromatic heterocycles. The van der Waals surface area contributed by atoms with Crippen molar-refractivity contribution < 1.29 is 0 Å². The van der Waals surface area contributed by atoms with E-state index in [1.54, 1.807) is 33.0 Å². The summed E-state index contributed by atoms with van der Waals surface area (Å²) in [7, 11) is 0.248. The van der Waals surface area contributed by atoms with E-state index in [1.165, 1.54) is 60.6 Å². The van der Waals surface area contributed by atoms with Crippen molar-refractivity contribution in [2.45, 2.75) is 37.5 Å². The first kappa shape index (κ1) is 19.0. The maximum atomic E-state index is 2.38. The Bertz CT molecular complexity index is 1050. The van der Waals surface area contributed by atoms with E-state index in [0.29, 0.717) is 0 Å². The highest BCUT2D eigenvalue weighted by molar-refractivity contribution is 7.56. The monoisotopic (exact) mass is 426 g/mol. The SMILES string of the molecule is c1cc2c3c(cccc3c1)CP(CCCCP1Cc3cccc4cccc(c34)C1)C2. The van der Waals surface area contributed by atoms with Gasteiger partial charge in [-0.3, -0.25) is 0 Å². The molecule has 0 N–H and O–H groups in total. The van der Waals surface area contributed by atoms with Gasteiger partial charge >= 0.3 is 0 Å². The van der Waals surface area contributed by atoms with Crippen LogP contribution >= 0.6 is 15.8 Å². The van der Waals surface area contributed by atoms with E-state index < -0.39 is 0 Å². The second-order valence-electron chi connectivity index (χ2n) is 8.99. The van der Waals surface area contributed by atoms with Gasteiger partial charge in [0.25, 0.3) is 0 Å². The molecule has 0 unspecified atom stereocenters. The average Bonchev–Trinajstić information content (AvgIpc) is 2.78. The topological polar surface area (TPSA) is 0 Å². The van der Waals surface area contributed by atoms with E-state index in [4.69, 9.17) is 0 Å². The van der Waals surface area contributed by atoms with Crippen LogP contribution in [0.4, 0.5) is 0 Å². The summed E-state index contributed by atoms with van der Waals surface area (Å²) in [6, 6.07) is 27.6. The van der Waals surface area contributed by atoms with Crippen molar-refractivity contribution in [2.24, 2.45) is 0 Å². The molecule has 2 heteroatoms. The minimum atomic E-state index is 0.124. The van der Waals surface area contributed by atoms with Crippen LogP contribution in [0.5, 0.6) is 0 Å². The number of hydrogen-bond acceptors (Lipinski definition) is 0. The highest BCUT2D eigenvalue weighted by atomic mass is 31.1. The van der Waals surface area contributed by atoms with Crippen LogP contribution in [-0.2, 0) is 24.6 Å². The van der Waals surface area contributed by atoms with Crippen molar-refractivity contribution in [1.82, 2.24) is 0 Å². The zero-order valence-corrected chi connectivity index (χ0v) is 19.3. The van der Waals surface area contributed by atoms with Crippen LogP contribution in [0.25, 0.3) is 21.5 Å².